The number of hydrogen-bond acceptors (Lipinski definition) is 7. The molecular formula is C20H22ClFN4O4. The van der Waals surface area contributed by atoms with E-state index in [0.717, 1.165) is 30.9 Å². The zero-order chi connectivity index (χ0) is 21.4. The molecule has 2 bridgehead atoms. The number of aromatic nitrogens is 2. The number of benzene rings is 1. The van der Waals surface area contributed by atoms with E-state index in [9.17, 15) is 9.18 Å². The Labute approximate surface area is 178 Å². The predicted octanol–water partition coefficient (Wildman–Crippen LogP) is 2.25. The molecule has 2 N–H and O–H groups in total. The number of halogens is 2. The van der Waals surface area contributed by atoms with Crippen molar-refractivity contribution in [1.82, 2.24) is 20.8 Å². The molecule has 2 aromatic rings. The van der Waals surface area contributed by atoms with Crippen LogP contribution in [0.15, 0.2) is 24.3 Å². The molecule has 0 aliphatic heterocycles. The van der Waals surface area contributed by atoms with Crippen molar-refractivity contribution in [1.29, 1.82) is 0 Å². The molecule has 0 saturated heterocycles. The summed E-state index contributed by atoms with van der Waals surface area (Å²) in [5.74, 6) is 0.324. The minimum absolute atomic E-state index is 0.00500. The van der Waals surface area contributed by atoms with Gasteiger partial charge in [0.1, 0.15) is 11.6 Å². The summed E-state index contributed by atoms with van der Waals surface area (Å²) in [7, 11) is 3.08. The smallest absolute Gasteiger partial charge is 0.258 e. The standard InChI is InChI=1S/C20H22ClFN4O4/c1-28-17-5-12(18(29-2)26-25-17)7-23-19-9-20(10-19,11-19)24-16(27)8-30-13-3-4-14(21)15(22)6-13/h3-6,23H,7-11H2,1-2H3,(H,24,27). The second-order valence-corrected chi connectivity index (χ2v) is 8.19. The van der Waals surface area contributed by atoms with Crippen molar-refractivity contribution in [3.63, 3.8) is 0 Å². The van der Waals surface area contributed by atoms with Crippen molar-refractivity contribution in [2.75, 3.05) is 20.8 Å². The largest absolute Gasteiger partial charge is 0.484 e. The van der Waals surface area contributed by atoms with E-state index in [1.807, 2.05) is 0 Å². The lowest BCUT2D eigenvalue weighted by atomic mass is 9.44. The van der Waals surface area contributed by atoms with Gasteiger partial charge in [-0.25, -0.2) is 4.39 Å². The molecule has 3 aliphatic carbocycles. The van der Waals surface area contributed by atoms with Crippen molar-refractivity contribution >= 4 is 17.5 Å². The number of ether oxygens (including phenoxy) is 3. The molecule has 1 aromatic heterocycles. The number of nitrogens with zero attached hydrogens (tertiary/aromatic N) is 2. The fourth-order valence-corrected chi connectivity index (χ4v) is 4.35. The van der Waals surface area contributed by atoms with Crippen LogP contribution in [0.5, 0.6) is 17.5 Å². The molecule has 1 heterocycles. The number of amides is 1. The lowest BCUT2D eigenvalue weighted by Gasteiger charge is -2.70. The molecule has 10 heteroatoms. The van der Waals surface area contributed by atoms with Crippen molar-refractivity contribution in [3.05, 3.63) is 40.7 Å². The SMILES string of the molecule is COc1cc(CNC23CC(NC(=O)COc4ccc(Cl)c(F)c4)(C2)C3)c(OC)nn1. The molecule has 0 atom stereocenters. The van der Waals surface area contributed by atoms with Gasteiger partial charge in [-0.3, -0.25) is 4.79 Å². The van der Waals surface area contributed by atoms with Gasteiger partial charge in [0.25, 0.3) is 5.91 Å². The van der Waals surface area contributed by atoms with E-state index >= 15 is 0 Å². The monoisotopic (exact) mass is 436 g/mol. The summed E-state index contributed by atoms with van der Waals surface area (Å²) in [5, 5.41) is 14.5. The third-order valence-electron chi connectivity index (χ3n) is 5.56. The highest BCUT2D eigenvalue weighted by molar-refractivity contribution is 6.30. The molecule has 0 radical (unpaired) electrons. The van der Waals surface area contributed by atoms with Gasteiger partial charge >= 0.3 is 0 Å². The van der Waals surface area contributed by atoms with Gasteiger partial charge in [0.05, 0.1) is 19.2 Å². The maximum absolute atomic E-state index is 13.4. The second-order valence-electron chi connectivity index (χ2n) is 7.78. The van der Waals surface area contributed by atoms with Crippen molar-refractivity contribution in [2.45, 2.75) is 36.9 Å². The number of carbonyl (C=O) groups excluding carboxylic acids is 1. The third-order valence-corrected chi connectivity index (χ3v) is 5.87. The first-order chi connectivity index (χ1) is 14.4. The molecule has 0 spiro atoms. The normalized spacial score (nSPS) is 23.7. The van der Waals surface area contributed by atoms with Gasteiger partial charge in [0, 0.05) is 35.3 Å². The van der Waals surface area contributed by atoms with Crippen LogP contribution in [0.2, 0.25) is 5.02 Å². The first-order valence-corrected chi connectivity index (χ1v) is 9.82. The molecule has 3 saturated carbocycles. The van der Waals surface area contributed by atoms with E-state index < -0.39 is 5.82 Å². The molecule has 160 valence electrons. The Morgan fingerprint density at radius 1 is 1.17 bits per heavy atom. The van der Waals surface area contributed by atoms with Gasteiger partial charge in [-0.05, 0) is 31.4 Å². The Kier molecular flexibility index (Phi) is 5.42. The first kappa shape index (κ1) is 20.6. The lowest BCUT2D eigenvalue weighted by Crippen LogP contribution is -2.83. The first-order valence-electron chi connectivity index (χ1n) is 9.44. The summed E-state index contributed by atoms with van der Waals surface area (Å²) in [6, 6.07) is 5.87. The molecular weight excluding hydrogens is 415 g/mol. The van der Waals surface area contributed by atoms with Crippen molar-refractivity contribution < 1.29 is 23.4 Å². The molecule has 3 aliphatic rings. The average Bonchev–Trinajstić information content (AvgIpc) is 2.69. The maximum atomic E-state index is 13.4. The number of carbonyl (C=O) groups is 1. The van der Waals surface area contributed by atoms with Gasteiger partial charge in [0.15, 0.2) is 6.61 Å². The minimum Gasteiger partial charge on any atom is -0.484 e. The Morgan fingerprint density at radius 2 is 1.93 bits per heavy atom. The summed E-state index contributed by atoms with van der Waals surface area (Å²) < 4.78 is 29.2. The summed E-state index contributed by atoms with van der Waals surface area (Å²) in [4.78, 5) is 12.2. The third kappa shape index (κ3) is 3.99. The number of rotatable bonds is 9. The van der Waals surface area contributed by atoms with Crippen LogP contribution in [-0.4, -0.2) is 48.0 Å². The summed E-state index contributed by atoms with van der Waals surface area (Å²) in [5.41, 5.74) is 0.655. The number of methoxy groups -OCH3 is 2. The topological polar surface area (TPSA) is 94.6 Å². The Hall–Kier alpha value is -2.65. The van der Waals surface area contributed by atoms with E-state index in [4.69, 9.17) is 25.8 Å². The molecule has 8 nitrogen and oxygen atoms in total. The summed E-state index contributed by atoms with van der Waals surface area (Å²) in [6.07, 6.45) is 2.50. The molecule has 5 rings (SSSR count). The molecule has 0 unspecified atom stereocenters. The van der Waals surface area contributed by atoms with E-state index in [0.29, 0.717) is 18.3 Å². The zero-order valence-corrected chi connectivity index (χ0v) is 17.4. The van der Waals surface area contributed by atoms with Gasteiger partial charge in [-0.15, -0.1) is 10.2 Å². The lowest BCUT2D eigenvalue weighted by molar-refractivity contribution is -0.143. The van der Waals surface area contributed by atoms with E-state index in [1.54, 1.807) is 13.2 Å². The molecule has 1 aromatic carbocycles. The van der Waals surface area contributed by atoms with Gasteiger partial charge in [-0.1, -0.05) is 11.6 Å². The minimum atomic E-state index is -0.583. The molecule has 3 fully saturated rings. The van der Waals surface area contributed by atoms with Gasteiger partial charge in [0.2, 0.25) is 11.8 Å². The second kappa shape index (κ2) is 7.88. The number of hydrogen-bond donors (Lipinski definition) is 2. The maximum Gasteiger partial charge on any atom is 0.258 e. The van der Waals surface area contributed by atoms with Crippen molar-refractivity contribution in [3.8, 4) is 17.5 Å². The molecule has 1 amide bonds. The fourth-order valence-electron chi connectivity index (χ4n) is 4.23. The Bertz CT molecular complexity index is 954. The summed E-state index contributed by atoms with van der Waals surface area (Å²) in [6.45, 7) is 0.382. The van der Waals surface area contributed by atoms with E-state index in [1.165, 1.54) is 19.2 Å². The molecule has 30 heavy (non-hydrogen) atoms. The van der Waals surface area contributed by atoms with Crippen LogP contribution in [-0.2, 0) is 11.3 Å². The van der Waals surface area contributed by atoms with Crippen LogP contribution in [0.25, 0.3) is 0 Å². The highest BCUT2D eigenvalue weighted by atomic mass is 35.5. The highest BCUT2D eigenvalue weighted by Gasteiger charge is 2.68. The van der Waals surface area contributed by atoms with E-state index in [2.05, 4.69) is 20.8 Å². The van der Waals surface area contributed by atoms with Crippen LogP contribution in [0.1, 0.15) is 24.8 Å². The van der Waals surface area contributed by atoms with Crippen LogP contribution >= 0.6 is 11.6 Å². The quantitative estimate of drug-likeness (QED) is 0.622. The van der Waals surface area contributed by atoms with Crippen LogP contribution < -0.4 is 24.8 Å². The fraction of sp³-hybridized carbons (Fsp3) is 0.450. The number of nitrogens with one attached hydrogen (secondary N) is 2. The average molecular weight is 437 g/mol. The van der Waals surface area contributed by atoms with Gasteiger partial charge < -0.3 is 24.8 Å². The van der Waals surface area contributed by atoms with Crippen molar-refractivity contribution in [2.24, 2.45) is 0 Å². The summed E-state index contributed by atoms with van der Waals surface area (Å²) >= 11 is 5.64. The van der Waals surface area contributed by atoms with Crippen LogP contribution in [0.3, 0.4) is 0 Å². The van der Waals surface area contributed by atoms with Crippen LogP contribution in [0, 0.1) is 5.82 Å². The highest BCUT2D eigenvalue weighted by Crippen LogP contribution is 2.60. The van der Waals surface area contributed by atoms with Gasteiger partial charge in [-0.2, -0.15) is 0 Å². The Balaban J connectivity index is 1.24. The zero-order valence-electron chi connectivity index (χ0n) is 16.6. The Morgan fingerprint density at radius 3 is 2.60 bits per heavy atom. The van der Waals surface area contributed by atoms with Crippen LogP contribution in [0.4, 0.5) is 4.39 Å². The predicted molar refractivity (Wildman–Crippen MR) is 106 cm³/mol. The van der Waals surface area contributed by atoms with E-state index in [-0.39, 0.29) is 34.4 Å².